The molecule has 4 atom stereocenters. The summed E-state index contributed by atoms with van der Waals surface area (Å²) in [6.07, 6.45) is 3.55. The van der Waals surface area contributed by atoms with Gasteiger partial charge in [0.05, 0.1) is 46.2 Å². The molecule has 6 aromatic rings. The molecule has 0 spiro atoms. The lowest BCUT2D eigenvalue weighted by Crippen LogP contribution is -2.50. The third kappa shape index (κ3) is 10.8. The lowest BCUT2D eigenvalue weighted by atomic mass is 9.76. The summed E-state index contributed by atoms with van der Waals surface area (Å²) in [6, 6.07) is 23.8. The van der Waals surface area contributed by atoms with Crippen LogP contribution in [0.15, 0.2) is 90.6 Å². The Bertz CT molecular complexity index is 2860. The number of imidazole rings is 1. The average Bonchev–Trinajstić information content (AvgIpc) is 4.19. The number of rotatable bonds is 16. The minimum Gasteiger partial charge on any atom is -0.391 e. The van der Waals surface area contributed by atoms with E-state index in [2.05, 4.69) is 19.8 Å². The van der Waals surface area contributed by atoms with Gasteiger partial charge in [-0.15, -0.1) is 16.4 Å². The largest absolute Gasteiger partial charge is 0.391 e. The summed E-state index contributed by atoms with van der Waals surface area (Å²) in [6.45, 7) is 9.80. The number of aliphatic hydroxyl groups excluding tert-OH is 1. The van der Waals surface area contributed by atoms with E-state index in [1.165, 1.54) is 11.0 Å². The number of piperazine rings is 1. The van der Waals surface area contributed by atoms with Crippen molar-refractivity contribution >= 4 is 52.0 Å². The van der Waals surface area contributed by atoms with E-state index in [-0.39, 0.29) is 74.3 Å². The number of aryl methyl sites for hydroxylation is 2. The molecule has 1 N–H and O–H groups in total. The number of nitrogens with zero attached hydrogens (tertiary/aromatic N) is 9. The Morgan fingerprint density at radius 2 is 1.70 bits per heavy atom. The number of benzene rings is 2. The summed E-state index contributed by atoms with van der Waals surface area (Å²) in [5.41, 5.74) is 7.29. The van der Waals surface area contributed by atoms with Gasteiger partial charge in [0.15, 0.2) is 17.2 Å². The molecule has 4 aromatic heterocycles. The van der Waals surface area contributed by atoms with Crippen molar-refractivity contribution in [3.8, 4) is 21.8 Å². The van der Waals surface area contributed by atoms with Crippen molar-refractivity contribution in [2.45, 2.75) is 84.4 Å². The summed E-state index contributed by atoms with van der Waals surface area (Å²) >= 11 is 1.58. The summed E-state index contributed by atoms with van der Waals surface area (Å²) in [4.78, 5) is 77.1. The second-order valence-electron chi connectivity index (χ2n) is 19.7. The number of aliphatic hydroxyl groups is 1. The molecule has 0 bridgehead atoms. The predicted molar refractivity (Wildman–Crippen MR) is 266 cm³/mol. The van der Waals surface area contributed by atoms with Gasteiger partial charge < -0.3 is 29.4 Å². The molecule has 70 heavy (non-hydrogen) atoms. The van der Waals surface area contributed by atoms with Crippen LogP contribution in [0.1, 0.15) is 75.7 Å². The monoisotopic (exact) mass is 969 g/mol. The molecule has 3 fully saturated rings. The molecule has 2 aromatic carbocycles. The van der Waals surface area contributed by atoms with E-state index < -0.39 is 23.5 Å². The van der Waals surface area contributed by atoms with E-state index in [1.54, 1.807) is 39.1 Å². The number of halogens is 1. The molecular weight excluding hydrogens is 910 g/mol. The summed E-state index contributed by atoms with van der Waals surface area (Å²) in [7, 11) is 0. The van der Waals surface area contributed by atoms with Crippen molar-refractivity contribution in [1.29, 1.82) is 0 Å². The van der Waals surface area contributed by atoms with Crippen LogP contribution in [0.25, 0.3) is 27.5 Å². The molecule has 15 nitrogen and oxygen atoms in total. The van der Waals surface area contributed by atoms with Crippen LogP contribution >= 0.6 is 11.3 Å². The molecule has 0 unspecified atom stereocenters. The first-order chi connectivity index (χ1) is 33.7. The van der Waals surface area contributed by atoms with Crippen LogP contribution in [0, 0.1) is 24.1 Å². The fourth-order valence-electron chi connectivity index (χ4n) is 10.0. The van der Waals surface area contributed by atoms with Crippen LogP contribution in [0.5, 0.6) is 0 Å². The van der Waals surface area contributed by atoms with Crippen LogP contribution in [0.3, 0.4) is 0 Å². The number of aromatic nitrogens is 5. The standard InChI is InChI=1S/C53H60FN9O6S/c1-34-51(70-33-56-34)36-16-13-35(14-17-36)15-18-46(66)44-28-39(64)30-62(44)52(68)41(53(2,3)4)27-40(65)31-69-32-50(67)60-24-22-59(23-25-60)48-12-6-10-42(57-48)45-29-55-47-19-20-49(58-63(45)47)61-21-7-11-43(61)37-8-5-9-38(54)26-37/h5-6,8-10,12-14,16-17,19-20,26,29,33,39,41,43-44,64H,7,11,15,18,21-25,27-28,30-32H2,1-4H3/t39-,41-,43-,44+/m1/s1. The molecule has 9 rings (SSSR count). The number of Topliss-reactive ketones (excluding diaryl/α,β-unsaturated/α-hetero) is 2. The van der Waals surface area contributed by atoms with Gasteiger partial charge in [0.25, 0.3) is 0 Å². The number of carbonyl (C=O) groups excluding carboxylic acids is 4. The zero-order chi connectivity index (χ0) is 49.1. The molecule has 3 saturated heterocycles. The second kappa shape index (κ2) is 20.9. The molecule has 0 radical (unpaired) electrons. The summed E-state index contributed by atoms with van der Waals surface area (Å²) in [5.74, 6) is -0.492. The molecular formula is C53H60FN9O6S. The Labute approximate surface area is 411 Å². The highest BCUT2D eigenvalue weighted by atomic mass is 32.1. The van der Waals surface area contributed by atoms with Gasteiger partial charge in [-0.2, -0.15) is 0 Å². The van der Waals surface area contributed by atoms with Crippen LogP contribution in [-0.2, 0) is 30.3 Å². The van der Waals surface area contributed by atoms with E-state index in [0.29, 0.717) is 43.9 Å². The zero-order valence-corrected chi connectivity index (χ0v) is 41.0. The van der Waals surface area contributed by atoms with Crippen molar-refractivity contribution in [3.63, 3.8) is 0 Å². The SMILES string of the molecule is Cc1ncsc1-c1ccc(CCC(=O)[C@@H]2C[C@@H](O)CN2C(=O)[C@@H](CC(=O)COCC(=O)N2CCN(c3cccc(-c4cnc5ccc(N6CCC[C@@H]6c6cccc(F)c6)nn45)n3)CC2)C(C)(C)C)cc1. The number of amides is 2. The van der Waals surface area contributed by atoms with E-state index >= 15 is 0 Å². The highest BCUT2D eigenvalue weighted by Crippen LogP contribution is 2.37. The van der Waals surface area contributed by atoms with Crippen LogP contribution in [0.4, 0.5) is 16.0 Å². The van der Waals surface area contributed by atoms with Gasteiger partial charge in [0.1, 0.15) is 36.4 Å². The first-order valence-corrected chi connectivity index (χ1v) is 25.1. The average molecular weight is 970 g/mol. The lowest BCUT2D eigenvalue weighted by Gasteiger charge is -2.35. The minimum atomic E-state index is -0.839. The molecule has 2 amide bonds. The Morgan fingerprint density at radius 3 is 2.44 bits per heavy atom. The van der Waals surface area contributed by atoms with E-state index in [0.717, 1.165) is 64.0 Å². The second-order valence-corrected chi connectivity index (χ2v) is 20.6. The maximum absolute atomic E-state index is 14.2. The maximum Gasteiger partial charge on any atom is 0.248 e. The molecule has 7 heterocycles. The Morgan fingerprint density at radius 1 is 0.914 bits per heavy atom. The van der Waals surface area contributed by atoms with Crippen molar-refractivity contribution in [1.82, 2.24) is 34.4 Å². The van der Waals surface area contributed by atoms with Gasteiger partial charge in [-0.1, -0.05) is 63.2 Å². The summed E-state index contributed by atoms with van der Waals surface area (Å²) < 4.78 is 21.6. The number of thiazole rings is 1. The molecule has 17 heteroatoms. The van der Waals surface area contributed by atoms with Gasteiger partial charge in [0.2, 0.25) is 11.8 Å². The van der Waals surface area contributed by atoms with Gasteiger partial charge in [-0.25, -0.2) is 23.9 Å². The van der Waals surface area contributed by atoms with E-state index in [1.807, 2.05) is 93.9 Å². The molecule has 0 aliphatic carbocycles. The Balaban J connectivity index is 0.752. The highest BCUT2D eigenvalue weighted by molar-refractivity contribution is 7.13. The quantitative estimate of drug-likeness (QED) is 0.104. The number of carbonyl (C=O) groups is 4. The summed E-state index contributed by atoms with van der Waals surface area (Å²) in [5, 5.41) is 15.7. The van der Waals surface area contributed by atoms with Gasteiger partial charge >= 0.3 is 0 Å². The number of anilines is 2. The number of pyridine rings is 1. The van der Waals surface area contributed by atoms with Gasteiger partial charge in [0, 0.05) is 64.4 Å². The smallest absolute Gasteiger partial charge is 0.248 e. The molecule has 366 valence electrons. The number of hydrogen-bond acceptors (Lipinski definition) is 13. The van der Waals surface area contributed by atoms with Crippen molar-refractivity contribution < 1.29 is 33.4 Å². The fourth-order valence-corrected chi connectivity index (χ4v) is 10.8. The molecule has 3 aliphatic heterocycles. The van der Waals surface area contributed by atoms with Gasteiger partial charge in [-0.05, 0) is 84.7 Å². The zero-order valence-electron chi connectivity index (χ0n) is 40.2. The third-order valence-corrected chi connectivity index (χ3v) is 14.9. The predicted octanol–water partition coefficient (Wildman–Crippen LogP) is 7.15. The topological polar surface area (TPSA) is 167 Å². The number of β-amino-alcohol motifs (C(OH)–C–C–N with tert-alkyl or cyclic N) is 1. The lowest BCUT2D eigenvalue weighted by molar-refractivity contribution is -0.147. The number of fused-ring (bicyclic) bond motifs is 1. The molecule has 3 aliphatic rings. The number of ether oxygens (including phenoxy) is 1. The molecule has 0 saturated carbocycles. The Kier molecular flexibility index (Phi) is 14.5. The van der Waals surface area contributed by atoms with Crippen molar-refractivity contribution in [2.75, 3.05) is 62.3 Å². The van der Waals surface area contributed by atoms with E-state index in [4.69, 9.17) is 14.8 Å². The first kappa shape index (κ1) is 48.6. The highest BCUT2D eigenvalue weighted by Gasteiger charge is 2.44. The van der Waals surface area contributed by atoms with Gasteiger partial charge in [-0.3, -0.25) is 19.2 Å². The minimum absolute atomic E-state index is 0.0225. The maximum atomic E-state index is 14.2. The van der Waals surface area contributed by atoms with Crippen molar-refractivity contribution in [3.05, 3.63) is 113 Å². The van der Waals surface area contributed by atoms with Crippen LogP contribution in [0.2, 0.25) is 0 Å². The third-order valence-electron chi connectivity index (χ3n) is 13.9. The van der Waals surface area contributed by atoms with Crippen LogP contribution < -0.4 is 9.80 Å². The number of ketones is 2. The van der Waals surface area contributed by atoms with Crippen molar-refractivity contribution in [2.24, 2.45) is 11.3 Å². The first-order valence-electron chi connectivity index (χ1n) is 24.2. The Hall–Kier alpha value is -6.43. The number of likely N-dealkylation sites (tertiary alicyclic amines) is 1. The number of hydrogen-bond donors (Lipinski definition) is 1. The van der Waals surface area contributed by atoms with E-state index in [9.17, 15) is 28.7 Å². The van der Waals surface area contributed by atoms with Crippen LogP contribution in [-0.4, -0.2) is 127 Å². The fraction of sp³-hybridized carbons (Fsp3) is 0.434. The normalized spacial score (nSPS) is 19.0.